The van der Waals surface area contributed by atoms with Crippen LogP contribution in [-0.4, -0.2) is 0 Å². The first-order chi connectivity index (χ1) is 13.2. The number of halogens is 2. The summed E-state index contributed by atoms with van der Waals surface area (Å²) in [5.74, 6) is 1.63. The quantitative estimate of drug-likeness (QED) is 0.430. The molecule has 0 saturated heterocycles. The first-order valence-corrected chi connectivity index (χ1v) is 10.4. The fourth-order valence-corrected chi connectivity index (χ4v) is 4.31. The van der Waals surface area contributed by atoms with Crippen molar-refractivity contribution >= 4 is 6.08 Å². The second-order valence-corrected chi connectivity index (χ2v) is 7.89. The van der Waals surface area contributed by atoms with Gasteiger partial charge in [-0.15, -0.1) is 0 Å². The Labute approximate surface area is 162 Å². The number of hydrogen-bond donors (Lipinski definition) is 0. The molecule has 0 aliphatic heterocycles. The zero-order valence-corrected chi connectivity index (χ0v) is 16.3. The molecular formula is C25H30F2. The Morgan fingerprint density at radius 2 is 1.44 bits per heavy atom. The third-order valence-corrected chi connectivity index (χ3v) is 5.96. The van der Waals surface area contributed by atoms with E-state index in [9.17, 15) is 8.78 Å². The molecule has 2 aromatic carbocycles. The minimum absolute atomic E-state index is 0.533. The van der Waals surface area contributed by atoms with E-state index in [-0.39, 0.29) is 0 Å². The molecule has 144 valence electrons. The van der Waals surface area contributed by atoms with E-state index < -0.39 is 6.08 Å². The molecule has 1 fully saturated rings. The third-order valence-electron chi connectivity index (χ3n) is 5.96. The van der Waals surface area contributed by atoms with Gasteiger partial charge in [-0.1, -0.05) is 81.1 Å². The molecule has 2 heteroatoms. The van der Waals surface area contributed by atoms with Crippen molar-refractivity contribution in [3.63, 3.8) is 0 Å². The Kier molecular flexibility index (Phi) is 7.20. The first kappa shape index (κ1) is 19.8. The lowest BCUT2D eigenvalue weighted by molar-refractivity contribution is 0.303. The highest BCUT2D eigenvalue weighted by Gasteiger charge is 2.21. The number of hydrogen-bond acceptors (Lipinski definition) is 0. The summed E-state index contributed by atoms with van der Waals surface area (Å²) >= 11 is 0. The van der Waals surface area contributed by atoms with Crippen LogP contribution in [0.15, 0.2) is 54.6 Å². The van der Waals surface area contributed by atoms with Crippen LogP contribution in [0.5, 0.6) is 0 Å². The highest BCUT2D eigenvalue weighted by atomic mass is 19.3. The summed E-state index contributed by atoms with van der Waals surface area (Å²) in [5.41, 5.74) is 4.19. The Morgan fingerprint density at radius 1 is 0.852 bits per heavy atom. The molecule has 1 aliphatic rings. The van der Waals surface area contributed by atoms with E-state index in [1.807, 2.05) is 12.1 Å². The smallest absolute Gasteiger partial charge is 0.173 e. The Balaban J connectivity index is 1.57. The van der Waals surface area contributed by atoms with Crippen LogP contribution in [0, 0.1) is 5.92 Å². The molecule has 0 heterocycles. The molecule has 3 rings (SSSR count). The van der Waals surface area contributed by atoms with Gasteiger partial charge in [0, 0.05) is 6.08 Å². The van der Waals surface area contributed by atoms with E-state index in [1.54, 1.807) is 12.1 Å². The van der Waals surface area contributed by atoms with Gasteiger partial charge in [-0.2, -0.15) is 8.78 Å². The monoisotopic (exact) mass is 368 g/mol. The number of rotatable bonds is 7. The fourth-order valence-electron chi connectivity index (χ4n) is 4.31. The molecule has 0 spiro atoms. The normalized spacial score (nSPS) is 19.7. The van der Waals surface area contributed by atoms with Gasteiger partial charge in [-0.05, 0) is 59.8 Å². The summed E-state index contributed by atoms with van der Waals surface area (Å²) < 4.78 is 24.7. The molecule has 0 nitrogen and oxygen atoms in total. The van der Waals surface area contributed by atoms with E-state index in [2.05, 4.69) is 31.2 Å². The topological polar surface area (TPSA) is 0 Å². The van der Waals surface area contributed by atoms with Crippen molar-refractivity contribution in [2.45, 2.75) is 64.2 Å². The van der Waals surface area contributed by atoms with E-state index in [0.29, 0.717) is 11.5 Å². The van der Waals surface area contributed by atoms with Crippen LogP contribution >= 0.6 is 0 Å². The van der Waals surface area contributed by atoms with Crippen LogP contribution < -0.4 is 0 Å². The molecule has 0 radical (unpaired) electrons. The van der Waals surface area contributed by atoms with Gasteiger partial charge in [-0.3, -0.25) is 0 Å². The summed E-state index contributed by atoms with van der Waals surface area (Å²) in [4.78, 5) is 0. The van der Waals surface area contributed by atoms with Crippen molar-refractivity contribution in [2.24, 2.45) is 5.92 Å². The lowest BCUT2D eigenvalue weighted by atomic mass is 9.77. The lowest BCUT2D eigenvalue weighted by Crippen LogP contribution is -2.13. The highest BCUT2D eigenvalue weighted by Crippen LogP contribution is 2.38. The van der Waals surface area contributed by atoms with Crippen molar-refractivity contribution in [1.29, 1.82) is 0 Å². The van der Waals surface area contributed by atoms with Gasteiger partial charge in [0.1, 0.15) is 0 Å². The van der Waals surface area contributed by atoms with Crippen molar-refractivity contribution in [3.05, 3.63) is 65.7 Å². The standard InChI is InChI=1S/C25H30F2/c1-2-3-4-5-19-6-10-21(11-7-19)23-14-16-24(17-15-23)22-12-8-20(9-13-22)18-25(26)27/h8-9,12-19,21H,2-7,10-11H2,1H3/t19-,21-. The Morgan fingerprint density at radius 3 is 2.00 bits per heavy atom. The van der Waals surface area contributed by atoms with Crippen molar-refractivity contribution < 1.29 is 8.78 Å². The molecular weight excluding hydrogens is 338 g/mol. The van der Waals surface area contributed by atoms with Crippen LogP contribution in [0.1, 0.15) is 75.3 Å². The maximum absolute atomic E-state index is 12.3. The van der Waals surface area contributed by atoms with Crippen LogP contribution in [0.25, 0.3) is 17.2 Å². The molecule has 1 aliphatic carbocycles. The lowest BCUT2D eigenvalue weighted by Gasteiger charge is -2.29. The van der Waals surface area contributed by atoms with Gasteiger partial charge in [0.2, 0.25) is 0 Å². The van der Waals surface area contributed by atoms with Gasteiger partial charge in [0.15, 0.2) is 0 Å². The summed E-state index contributed by atoms with van der Waals surface area (Å²) in [6.07, 6.45) is 10.1. The van der Waals surface area contributed by atoms with Gasteiger partial charge in [0.05, 0.1) is 0 Å². The zero-order valence-electron chi connectivity index (χ0n) is 16.3. The van der Waals surface area contributed by atoms with Gasteiger partial charge < -0.3 is 0 Å². The van der Waals surface area contributed by atoms with Crippen LogP contribution in [-0.2, 0) is 0 Å². The predicted molar refractivity (Wildman–Crippen MR) is 111 cm³/mol. The van der Waals surface area contributed by atoms with Crippen molar-refractivity contribution in [2.75, 3.05) is 0 Å². The van der Waals surface area contributed by atoms with E-state index in [0.717, 1.165) is 23.1 Å². The summed E-state index contributed by atoms with van der Waals surface area (Å²) in [7, 11) is 0. The van der Waals surface area contributed by atoms with Gasteiger partial charge in [-0.25, -0.2) is 0 Å². The minimum Gasteiger partial charge on any atom is -0.173 e. The number of benzene rings is 2. The third kappa shape index (κ3) is 5.76. The van der Waals surface area contributed by atoms with E-state index in [1.165, 1.54) is 56.9 Å². The molecule has 0 N–H and O–H groups in total. The molecule has 0 amide bonds. The fraction of sp³-hybridized carbons (Fsp3) is 0.440. The minimum atomic E-state index is -1.66. The molecule has 1 saturated carbocycles. The maximum atomic E-state index is 12.3. The second kappa shape index (κ2) is 9.82. The van der Waals surface area contributed by atoms with Gasteiger partial charge in [0.25, 0.3) is 6.08 Å². The zero-order chi connectivity index (χ0) is 19.1. The largest absolute Gasteiger partial charge is 0.270 e. The predicted octanol–water partition coefficient (Wildman–Crippen LogP) is 8.45. The van der Waals surface area contributed by atoms with E-state index >= 15 is 0 Å². The first-order valence-electron chi connectivity index (χ1n) is 10.4. The number of unbranched alkanes of at least 4 members (excludes halogenated alkanes) is 2. The SMILES string of the molecule is CCCCC[C@H]1CC[C@H](c2ccc(-c3ccc(C=C(F)F)cc3)cc2)CC1. The van der Waals surface area contributed by atoms with Crippen molar-refractivity contribution in [1.82, 2.24) is 0 Å². The van der Waals surface area contributed by atoms with Crippen molar-refractivity contribution in [3.8, 4) is 11.1 Å². The Hall–Kier alpha value is -1.96. The average Bonchev–Trinajstić information content (AvgIpc) is 2.69. The Bertz CT molecular complexity index is 716. The van der Waals surface area contributed by atoms with Gasteiger partial charge >= 0.3 is 0 Å². The molecule has 2 aromatic rings. The molecule has 0 atom stereocenters. The summed E-state index contributed by atoms with van der Waals surface area (Å²) in [5, 5.41) is 0. The van der Waals surface area contributed by atoms with E-state index in [4.69, 9.17) is 0 Å². The maximum Gasteiger partial charge on any atom is 0.270 e. The average molecular weight is 369 g/mol. The summed E-state index contributed by atoms with van der Waals surface area (Å²) in [6.45, 7) is 2.27. The highest BCUT2D eigenvalue weighted by molar-refractivity contribution is 5.66. The van der Waals surface area contributed by atoms with Crippen LogP contribution in [0.2, 0.25) is 0 Å². The molecule has 0 bridgehead atoms. The summed E-state index contributed by atoms with van der Waals surface area (Å²) in [6, 6.07) is 16.1. The molecule has 27 heavy (non-hydrogen) atoms. The molecule has 0 unspecified atom stereocenters. The molecule has 0 aromatic heterocycles. The second-order valence-electron chi connectivity index (χ2n) is 7.89. The van der Waals surface area contributed by atoms with Crippen LogP contribution in [0.3, 0.4) is 0 Å². The van der Waals surface area contributed by atoms with Crippen LogP contribution in [0.4, 0.5) is 8.78 Å².